The SMILES string of the molecule is CC1CCCC(CO)N1CC(=O)N1CCN(Cc2ccccc2)CC1. The maximum atomic E-state index is 12.7. The van der Waals surface area contributed by atoms with Gasteiger partial charge in [-0.3, -0.25) is 14.6 Å². The van der Waals surface area contributed by atoms with Crippen LogP contribution in [-0.2, 0) is 11.3 Å². The van der Waals surface area contributed by atoms with Crippen LogP contribution in [0.1, 0.15) is 31.7 Å². The maximum absolute atomic E-state index is 12.7. The molecule has 0 radical (unpaired) electrons. The van der Waals surface area contributed by atoms with Gasteiger partial charge in [0.2, 0.25) is 5.91 Å². The average molecular weight is 345 g/mol. The normalized spacial score (nSPS) is 25.9. The van der Waals surface area contributed by atoms with Crippen molar-refractivity contribution in [1.82, 2.24) is 14.7 Å². The summed E-state index contributed by atoms with van der Waals surface area (Å²) in [5.74, 6) is 0.214. The highest BCUT2D eigenvalue weighted by molar-refractivity contribution is 5.78. The second kappa shape index (κ2) is 8.79. The van der Waals surface area contributed by atoms with Crippen molar-refractivity contribution >= 4 is 5.91 Å². The first-order valence-electron chi connectivity index (χ1n) is 9.58. The van der Waals surface area contributed by atoms with Gasteiger partial charge in [0.1, 0.15) is 0 Å². The zero-order valence-electron chi connectivity index (χ0n) is 15.3. The smallest absolute Gasteiger partial charge is 0.236 e. The molecule has 1 amide bonds. The first-order valence-corrected chi connectivity index (χ1v) is 9.58. The zero-order valence-corrected chi connectivity index (χ0v) is 15.3. The Bertz CT molecular complexity index is 543. The molecular weight excluding hydrogens is 314 g/mol. The molecular formula is C20H31N3O2. The molecule has 2 atom stereocenters. The Morgan fingerprint density at radius 3 is 2.52 bits per heavy atom. The number of aliphatic hydroxyl groups is 1. The molecule has 5 heteroatoms. The van der Waals surface area contributed by atoms with Gasteiger partial charge in [-0.1, -0.05) is 36.8 Å². The van der Waals surface area contributed by atoms with Gasteiger partial charge in [0.25, 0.3) is 0 Å². The van der Waals surface area contributed by atoms with Crippen LogP contribution in [0.25, 0.3) is 0 Å². The molecule has 2 fully saturated rings. The van der Waals surface area contributed by atoms with Crippen LogP contribution in [0.4, 0.5) is 0 Å². The predicted molar refractivity (Wildman–Crippen MR) is 99.2 cm³/mol. The molecule has 0 bridgehead atoms. The number of hydrogen-bond donors (Lipinski definition) is 1. The average Bonchev–Trinajstić information content (AvgIpc) is 2.64. The fourth-order valence-corrected chi connectivity index (χ4v) is 4.07. The van der Waals surface area contributed by atoms with E-state index >= 15 is 0 Å². The molecule has 2 aliphatic rings. The number of hydrogen-bond acceptors (Lipinski definition) is 4. The van der Waals surface area contributed by atoms with Gasteiger partial charge in [-0.15, -0.1) is 0 Å². The summed E-state index contributed by atoms with van der Waals surface area (Å²) >= 11 is 0. The number of aliphatic hydroxyl groups excluding tert-OH is 1. The van der Waals surface area contributed by atoms with Crippen LogP contribution in [0.2, 0.25) is 0 Å². The Hall–Kier alpha value is -1.43. The Kier molecular flexibility index (Phi) is 6.45. The van der Waals surface area contributed by atoms with Crippen LogP contribution < -0.4 is 0 Å². The van der Waals surface area contributed by atoms with E-state index in [1.165, 1.54) is 5.56 Å². The third-order valence-corrected chi connectivity index (χ3v) is 5.70. The number of piperazine rings is 1. The Labute approximate surface area is 151 Å². The lowest BCUT2D eigenvalue weighted by atomic mass is 9.97. The van der Waals surface area contributed by atoms with E-state index in [0.29, 0.717) is 12.6 Å². The van der Waals surface area contributed by atoms with E-state index in [4.69, 9.17) is 0 Å². The topological polar surface area (TPSA) is 47.0 Å². The van der Waals surface area contributed by atoms with E-state index in [9.17, 15) is 9.90 Å². The van der Waals surface area contributed by atoms with Crippen molar-refractivity contribution in [2.45, 2.75) is 44.8 Å². The standard InChI is InChI=1S/C20H31N3O2/c1-17-6-5-9-19(16-24)23(17)15-20(25)22-12-10-21(11-13-22)14-18-7-3-2-4-8-18/h2-4,7-8,17,19,24H,5-6,9-16H2,1H3. The summed E-state index contributed by atoms with van der Waals surface area (Å²) in [6.07, 6.45) is 3.27. The third-order valence-electron chi connectivity index (χ3n) is 5.70. The summed E-state index contributed by atoms with van der Waals surface area (Å²) in [4.78, 5) is 19.3. The number of amides is 1. The van der Waals surface area contributed by atoms with E-state index in [-0.39, 0.29) is 18.6 Å². The molecule has 2 saturated heterocycles. The van der Waals surface area contributed by atoms with Crippen LogP contribution in [0.3, 0.4) is 0 Å². The molecule has 1 aromatic rings. The van der Waals surface area contributed by atoms with Crippen LogP contribution in [0.5, 0.6) is 0 Å². The molecule has 0 aromatic heterocycles. The summed E-state index contributed by atoms with van der Waals surface area (Å²) in [5, 5.41) is 9.60. The van der Waals surface area contributed by atoms with Crippen molar-refractivity contribution in [3.8, 4) is 0 Å². The van der Waals surface area contributed by atoms with E-state index in [0.717, 1.165) is 52.0 Å². The summed E-state index contributed by atoms with van der Waals surface area (Å²) in [7, 11) is 0. The second-order valence-corrected chi connectivity index (χ2v) is 7.43. The van der Waals surface area contributed by atoms with Gasteiger partial charge < -0.3 is 10.0 Å². The lowest BCUT2D eigenvalue weighted by Gasteiger charge is -2.41. The van der Waals surface area contributed by atoms with Gasteiger partial charge in [0, 0.05) is 44.8 Å². The number of rotatable bonds is 5. The summed E-state index contributed by atoms with van der Waals surface area (Å²) in [6.45, 7) is 7.20. The zero-order chi connectivity index (χ0) is 17.6. The van der Waals surface area contributed by atoms with Gasteiger partial charge in [0.05, 0.1) is 13.2 Å². The van der Waals surface area contributed by atoms with E-state index < -0.39 is 0 Å². The monoisotopic (exact) mass is 345 g/mol. The van der Waals surface area contributed by atoms with Crippen LogP contribution in [-0.4, -0.2) is 77.1 Å². The van der Waals surface area contributed by atoms with Gasteiger partial charge in [0.15, 0.2) is 0 Å². The molecule has 0 spiro atoms. The van der Waals surface area contributed by atoms with Gasteiger partial charge >= 0.3 is 0 Å². The number of carbonyl (C=O) groups excluding carboxylic acids is 1. The molecule has 2 heterocycles. The quantitative estimate of drug-likeness (QED) is 0.880. The minimum atomic E-state index is 0.145. The van der Waals surface area contributed by atoms with E-state index in [1.54, 1.807) is 0 Å². The lowest BCUT2D eigenvalue weighted by Crippen LogP contribution is -2.55. The van der Waals surface area contributed by atoms with Crippen molar-refractivity contribution < 1.29 is 9.90 Å². The van der Waals surface area contributed by atoms with Crippen molar-refractivity contribution in [2.75, 3.05) is 39.3 Å². The van der Waals surface area contributed by atoms with Gasteiger partial charge in [-0.25, -0.2) is 0 Å². The molecule has 0 saturated carbocycles. The number of benzene rings is 1. The molecule has 5 nitrogen and oxygen atoms in total. The summed E-state index contributed by atoms with van der Waals surface area (Å²) in [6, 6.07) is 11.0. The molecule has 0 aliphatic carbocycles. The number of nitrogens with zero attached hydrogens (tertiary/aromatic N) is 3. The fourth-order valence-electron chi connectivity index (χ4n) is 4.07. The van der Waals surface area contributed by atoms with Crippen molar-refractivity contribution in [3.05, 3.63) is 35.9 Å². The van der Waals surface area contributed by atoms with Gasteiger partial charge in [-0.2, -0.15) is 0 Å². The highest BCUT2D eigenvalue weighted by atomic mass is 16.3. The van der Waals surface area contributed by atoms with Crippen LogP contribution in [0.15, 0.2) is 30.3 Å². The third kappa shape index (κ3) is 4.81. The Morgan fingerprint density at radius 2 is 1.84 bits per heavy atom. The van der Waals surface area contributed by atoms with Crippen molar-refractivity contribution in [1.29, 1.82) is 0 Å². The number of piperidine rings is 1. The molecule has 2 aliphatic heterocycles. The van der Waals surface area contributed by atoms with E-state index in [2.05, 4.69) is 41.0 Å². The summed E-state index contributed by atoms with van der Waals surface area (Å²) < 4.78 is 0. The largest absolute Gasteiger partial charge is 0.395 e. The minimum absolute atomic E-state index is 0.145. The first kappa shape index (κ1) is 18.4. The second-order valence-electron chi connectivity index (χ2n) is 7.43. The maximum Gasteiger partial charge on any atom is 0.236 e. The number of carbonyl (C=O) groups is 1. The fraction of sp³-hybridized carbons (Fsp3) is 0.650. The van der Waals surface area contributed by atoms with Crippen LogP contribution >= 0.6 is 0 Å². The Balaban J connectivity index is 1.48. The highest BCUT2D eigenvalue weighted by Crippen LogP contribution is 2.22. The lowest BCUT2D eigenvalue weighted by molar-refractivity contribution is -0.136. The predicted octanol–water partition coefficient (Wildman–Crippen LogP) is 1.57. The van der Waals surface area contributed by atoms with Crippen molar-refractivity contribution in [3.63, 3.8) is 0 Å². The molecule has 1 N–H and O–H groups in total. The van der Waals surface area contributed by atoms with E-state index in [1.807, 2.05) is 11.0 Å². The number of likely N-dealkylation sites (tertiary alicyclic amines) is 1. The molecule has 3 rings (SSSR count). The van der Waals surface area contributed by atoms with Crippen LogP contribution in [0, 0.1) is 0 Å². The summed E-state index contributed by atoms with van der Waals surface area (Å²) in [5.41, 5.74) is 1.33. The Morgan fingerprint density at radius 1 is 1.12 bits per heavy atom. The first-order chi connectivity index (χ1) is 12.2. The molecule has 2 unspecified atom stereocenters. The molecule has 25 heavy (non-hydrogen) atoms. The molecule has 138 valence electrons. The van der Waals surface area contributed by atoms with Gasteiger partial charge in [-0.05, 0) is 25.3 Å². The highest BCUT2D eigenvalue weighted by Gasteiger charge is 2.31. The van der Waals surface area contributed by atoms with Crippen molar-refractivity contribution in [2.24, 2.45) is 0 Å². The molecule has 1 aromatic carbocycles. The minimum Gasteiger partial charge on any atom is -0.395 e.